The number of azide groups is 1. The zero-order valence-corrected chi connectivity index (χ0v) is 10.4. The lowest BCUT2D eigenvalue weighted by Crippen LogP contribution is -2.54. The maximum atomic E-state index is 12.0. The molecule has 0 aromatic heterocycles. The smallest absolute Gasteiger partial charge is 0.315 e. The lowest BCUT2D eigenvalue weighted by molar-refractivity contribution is -0.163. The summed E-state index contributed by atoms with van der Waals surface area (Å²) < 4.78 is 11.0. The maximum Gasteiger partial charge on any atom is 0.315 e. The van der Waals surface area contributed by atoms with Gasteiger partial charge in [-0.05, 0) is 39.1 Å². The van der Waals surface area contributed by atoms with Crippen molar-refractivity contribution in [2.45, 2.75) is 44.8 Å². The van der Waals surface area contributed by atoms with Crippen LogP contribution in [-0.4, -0.2) is 30.3 Å². The third kappa shape index (κ3) is 1.51. The first-order chi connectivity index (χ1) is 7.91. The molecule has 0 aromatic rings. The second-order valence-electron chi connectivity index (χ2n) is 5.34. The number of carbonyl (C=O) groups is 1. The van der Waals surface area contributed by atoms with Crippen LogP contribution in [0.1, 0.15) is 33.6 Å². The molecule has 2 heterocycles. The summed E-state index contributed by atoms with van der Waals surface area (Å²) in [5.41, 5.74) is 6.79. The summed E-state index contributed by atoms with van der Waals surface area (Å²) in [4.78, 5) is 14.8. The minimum atomic E-state index is -0.562. The standard InChI is InChI=1S/C11H17N3O3/c1-4-16-8(15)11-5-10(6-11,7-13-14-12)17-9(11,2)3/h4-7H2,1-3H3. The van der Waals surface area contributed by atoms with Gasteiger partial charge in [-0.15, -0.1) is 0 Å². The minimum Gasteiger partial charge on any atom is -0.465 e. The van der Waals surface area contributed by atoms with Crippen LogP contribution in [-0.2, 0) is 14.3 Å². The van der Waals surface area contributed by atoms with E-state index in [1.54, 1.807) is 6.92 Å². The van der Waals surface area contributed by atoms with Crippen molar-refractivity contribution in [3.05, 3.63) is 10.4 Å². The first-order valence-electron chi connectivity index (χ1n) is 5.80. The lowest BCUT2D eigenvalue weighted by Gasteiger charge is -2.43. The normalized spacial score (nSPS) is 36.9. The zero-order chi connectivity index (χ0) is 12.7. The summed E-state index contributed by atoms with van der Waals surface area (Å²) in [7, 11) is 0. The summed E-state index contributed by atoms with van der Waals surface area (Å²) in [6.45, 7) is 6.25. The monoisotopic (exact) mass is 239 g/mol. The van der Waals surface area contributed by atoms with Crippen LogP contribution >= 0.6 is 0 Å². The van der Waals surface area contributed by atoms with Gasteiger partial charge < -0.3 is 9.47 Å². The van der Waals surface area contributed by atoms with Crippen LogP contribution < -0.4 is 0 Å². The van der Waals surface area contributed by atoms with Crippen molar-refractivity contribution >= 4 is 5.97 Å². The first kappa shape index (κ1) is 12.2. The number of esters is 1. The van der Waals surface area contributed by atoms with Crippen LogP contribution in [0, 0.1) is 5.41 Å². The van der Waals surface area contributed by atoms with E-state index < -0.39 is 16.6 Å². The van der Waals surface area contributed by atoms with Crippen molar-refractivity contribution in [3.8, 4) is 0 Å². The van der Waals surface area contributed by atoms with Gasteiger partial charge in [-0.25, -0.2) is 0 Å². The Morgan fingerprint density at radius 2 is 2.18 bits per heavy atom. The Balaban J connectivity index is 2.19. The molecule has 3 rings (SSSR count). The molecule has 0 atom stereocenters. The molecular formula is C11H17N3O3. The molecule has 2 bridgehead atoms. The number of rotatable bonds is 4. The molecule has 0 amide bonds. The number of hydrogen-bond donors (Lipinski definition) is 0. The number of carbonyl (C=O) groups excluding carboxylic acids is 1. The van der Waals surface area contributed by atoms with Crippen molar-refractivity contribution in [2.24, 2.45) is 10.5 Å². The Hall–Kier alpha value is -1.26. The Bertz CT molecular complexity index is 393. The van der Waals surface area contributed by atoms with E-state index in [2.05, 4.69) is 10.0 Å². The molecule has 2 aliphatic heterocycles. The summed E-state index contributed by atoms with van der Waals surface area (Å²) in [5.74, 6) is -0.195. The number of fused-ring (bicyclic) bond motifs is 1. The van der Waals surface area contributed by atoms with Crippen LogP contribution in [0.3, 0.4) is 0 Å². The predicted octanol–water partition coefficient (Wildman–Crippen LogP) is 2.19. The van der Waals surface area contributed by atoms with Crippen molar-refractivity contribution in [1.29, 1.82) is 0 Å². The third-order valence-electron chi connectivity index (χ3n) is 3.96. The molecule has 6 heteroatoms. The zero-order valence-electron chi connectivity index (χ0n) is 10.4. The van der Waals surface area contributed by atoms with Gasteiger partial charge in [0.25, 0.3) is 0 Å². The van der Waals surface area contributed by atoms with Gasteiger partial charge in [0, 0.05) is 4.91 Å². The van der Waals surface area contributed by atoms with Gasteiger partial charge in [0.1, 0.15) is 5.41 Å². The minimum absolute atomic E-state index is 0.195. The van der Waals surface area contributed by atoms with E-state index in [4.69, 9.17) is 15.0 Å². The fraction of sp³-hybridized carbons (Fsp3) is 0.909. The molecule has 1 aliphatic carbocycles. The third-order valence-corrected chi connectivity index (χ3v) is 3.96. The van der Waals surface area contributed by atoms with E-state index in [9.17, 15) is 4.79 Å². The predicted molar refractivity (Wildman–Crippen MR) is 60.2 cm³/mol. The van der Waals surface area contributed by atoms with E-state index in [-0.39, 0.29) is 12.5 Å². The molecule has 94 valence electrons. The molecule has 0 spiro atoms. The van der Waals surface area contributed by atoms with Crippen molar-refractivity contribution in [3.63, 3.8) is 0 Å². The van der Waals surface area contributed by atoms with Crippen LogP contribution in [0.2, 0.25) is 0 Å². The van der Waals surface area contributed by atoms with E-state index in [0.717, 1.165) is 0 Å². The molecule has 0 radical (unpaired) electrons. The van der Waals surface area contributed by atoms with Gasteiger partial charge in [-0.1, -0.05) is 5.11 Å². The molecular weight excluding hydrogens is 222 g/mol. The van der Waals surface area contributed by atoms with Crippen LogP contribution in [0.25, 0.3) is 10.4 Å². The number of ether oxygens (including phenoxy) is 2. The maximum absolute atomic E-state index is 12.0. The molecule has 3 fully saturated rings. The average Bonchev–Trinajstić information content (AvgIpc) is 2.56. The second-order valence-corrected chi connectivity index (χ2v) is 5.34. The van der Waals surface area contributed by atoms with Crippen molar-refractivity contribution in [2.75, 3.05) is 13.2 Å². The molecule has 2 saturated heterocycles. The van der Waals surface area contributed by atoms with E-state index in [1.807, 2.05) is 13.8 Å². The lowest BCUT2D eigenvalue weighted by atomic mass is 9.56. The highest BCUT2D eigenvalue weighted by atomic mass is 16.6. The summed E-state index contributed by atoms with van der Waals surface area (Å²) in [5, 5.41) is 3.57. The topological polar surface area (TPSA) is 84.3 Å². The molecule has 3 aliphatic rings. The van der Waals surface area contributed by atoms with Gasteiger partial charge >= 0.3 is 5.97 Å². The summed E-state index contributed by atoms with van der Waals surface area (Å²) in [6.07, 6.45) is 1.18. The summed E-state index contributed by atoms with van der Waals surface area (Å²) >= 11 is 0. The quantitative estimate of drug-likeness (QED) is 0.326. The summed E-state index contributed by atoms with van der Waals surface area (Å²) in [6, 6.07) is 0. The fourth-order valence-electron chi connectivity index (χ4n) is 3.15. The largest absolute Gasteiger partial charge is 0.465 e. The molecule has 1 saturated carbocycles. The second kappa shape index (κ2) is 3.62. The number of hydrogen-bond acceptors (Lipinski definition) is 4. The highest BCUT2D eigenvalue weighted by Gasteiger charge is 2.75. The number of nitrogens with zero attached hydrogens (tertiary/aromatic N) is 3. The Labute approximate surface area is 99.9 Å². The molecule has 0 aromatic carbocycles. The Morgan fingerprint density at radius 1 is 1.53 bits per heavy atom. The van der Waals surface area contributed by atoms with Crippen molar-refractivity contribution in [1.82, 2.24) is 0 Å². The van der Waals surface area contributed by atoms with Gasteiger partial charge in [0.05, 0.1) is 24.4 Å². The highest BCUT2D eigenvalue weighted by Crippen LogP contribution is 2.67. The van der Waals surface area contributed by atoms with E-state index in [0.29, 0.717) is 19.4 Å². The first-order valence-corrected chi connectivity index (χ1v) is 5.80. The molecule has 0 N–H and O–H groups in total. The van der Waals surface area contributed by atoms with Crippen molar-refractivity contribution < 1.29 is 14.3 Å². The Morgan fingerprint density at radius 3 is 2.71 bits per heavy atom. The molecule has 6 nitrogen and oxygen atoms in total. The van der Waals surface area contributed by atoms with Crippen LogP contribution in [0.4, 0.5) is 0 Å². The van der Waals surface area contributed by atoms with Gasteiger partial charge in [0.15, 0.2) is 0 Å². The highest BCUT2D eigenvalue weighted by molar-refractivity contribution is 5.81. The van der Waals surface area contributed by atoms with Crippen LogP contribution in [0.5, 0.6) is 0 Å². The Kier molecular flexibility index (Phi) is 2.60. The van der Waals surface area contributed by atoms with Gasteiger partial charge in [-0.2, -0.15) is 0 Å². The average molecular weight is 239 g/mol. The molecule has 17 heavy (non-hydrogen) atoms. The fourth-order valence-corrected chi connectivity index (χ4v) is 3.15. The van der Waals surface area contributed by atoms with E-state index >= 15 is 0 Å². The van der Waals surface area contributed by atoms with E-state index in [1.165, 1.54) is 0 Å². The van der Waals surface area contributed by atoms with Crippen LogP contribution in [0.15, 0.2) is 5.11 Å². The molecule has 0 unspecified atom stereocenters. The van der Waals surface area contributed by atoms with Gasteiger partial charge in [0.2, 0.25) is 0 Å². The SMILES string of the molecule is CCOC(=O)C12CC(CN=[N+]=[N-])(C1)OC2(C)C. The van der Waals surface area contributed by atoms with Gasteiger partial charge in [-0.3, -0.25) is 4.79 Å².